The fraction of sp³-hybridized carbons (Fsp3) is 0. The predicted molar refractivity (Wildman–Crippen MR) is 85.6 cm³/mol. The minimum atomic E-state index is 0.201. The maximum absolute atomic E-state index is 5.93. The molecule has 0 radical (unpaired) electrons. The van der Waals surface area contributed by atoms with Crippen molar-refractivity contribution in [3.05, 3.63) is 58.5 Å². The van der Waals surface area contributed by atoms with Gasteiger partial charge in [0.1, 0.15) is 5.75 Å². The van der Waals surface area contributed by atoms with Gasteiger partial charge in [0.05, 0.1) is 0 Å². The van der Waals surface area contributed by atoms with E-state index in [-0.39, 0.29) is 5.28 Å². The van der Waals surface area contributed by atoms with Gasteiger partial charge in [0.25, 0.3) is 0 Å². The molecule has 0 aliphatic rings. The van der Waals surface area contributed by atoms with Crippen LogP contribution in [0.15, 0.2) is 53.2 Å². The number of hydrogen-bond acceptors (Lipinski definition) is 5. The molecule has 3 heterocycles. The lowest BCUT2D eigenvalue weighted by molar-refractivity contribution is 0.454. The van der Waals surface area contributed by atoms with Gasteiger partial charge in [-0.3, -0.25) is 0 Å². The molecule has 1 aromatic carbocycles. The van der Waals surface area contributed by atoms with Crippen molar-refractivity contribution >= 4 is 28.6 Å². The van der Waals surface area contributed by atoms with Crippen LogP contribution in [0.25, 0.3) is 16.8 Å². The molecule has 0 aliphatic heterocycles. The van der Waals surface area contributed by atoms with E-state index >= 15 is 0 Å². The summed E-state index contributed by atoms with van der Waals surface area (Å²) in [4.78, 5) is 0. The Labute approximate surface area is 134 Å². The molecule has 0 N–H and O–H groups in total. The van der Waals surface area contributed by atoms with Crippen molar-refractivity contribution in [2.45, 2.75) is 0 Å². The molecule has 4 rings (SSSR count). The number of benzene rings is 1. The monoisotopic (exact) mass is 328 g/mol. The zero-order valence-corrected chi connectivity index (χ0v) is 12.8. The number of thiophene rings is 1. The van der Waals surface area contributed by atoms with Gasteiger partial charge in [-0.05, 0) is 46.1 Å². The minimum absolute atomic E-state index is 0.201. The number of ether oxygens (including phenoxy) is 1. The lowest BCUT2D eigenvalue weighted by atomic mass is 10.1. The van der Waals surface area contributed by atoms with Crippen molar-refractivity contribution in [3.8, 4) is 22.8 Å². The van der Waals surface area contributed by atoms with Crippen LogP contribution in [0.5, 0.6) is 11.6 Å². The second kappa shape index (κ2) is 5.40. The first-order chi connectivity index (χ1) is 10.8. The summed E-state index contributed by atoms with van der Waals surface area (Å²) in [6.07, 6.45) is 0. The fourth-order valence-electron chi connectivity index (χ4n) is 2.12. The van der Waals surface area contributed by atoms with Crippen molar-refractivity contribution in [2.75, 3.05) is 0 Å². The smallest absolute Gasteiger partial charge is 0.246 e. The number of nitrogens with zero attached hydrogens (tertiary/aromatic N) is 4. The highest BCUT2D eigenvalue weighted by atomic mass is 35.5. The second-order valence-corrected chi connectivity index (χ2v) is 5.64. The summed E-state index contributed by atoms with van der Waals surface area (Å²) in [5.41, 5.74) is 2.70. The quantitative estimate of drug-likeness (QED) is 0.562. The van der Waals surface area contributed by atoms with Crippen LogP contribution in [0.1, 0.15) is 0 Å². The largest absolute Gasteiger partial charge is 0.437 e. The molecule has 22 heavy (non-hydrogen) atoms. The van der Waals surface area contributed by atoms with Gasteiger partial charge < -0.3 is 4.74 Å². The SMILES string of the molecule is Clc1nnc2ccc(Oc3ccccc3-c3ccsc3)nn12. The standard InChI is InChI=1S/C15H9ClN4OS/c16-15-18-17-13-5-6-14(19-20(13)15)21-12-4-2-1-3-11(12)10-7-8-22-9-10/h1-9H. The van der Waals surface area contributed by atoms with E-state index in [1.54, 1.807) is 23.5 Å². The first-order valence-electron chi connectivity index (χ1n) is 6.49. The number of rotatable bonds is 3. The van der Waals surface area contributed by atoms with E-state index in [9.17, 15) is 0 Å². The summed E-state index contributed by atoms with van der Waals surface area (Å²) in [5, 5.41) is 16.3. The van der Waals surface area contributed by atoms with E-state index < -0.39 is 0 Å². The van der Waals surface area contributed by atoms with E-state index in [1.807, 2.05) is 29.6 Å². The zero-order chi connectivity index (χ0) is 14.9. The van der Waals surface area contributed by atoms with E-state index in [0.29, 0.717) is 11.5 Å². The third-order valence-electron chi connectivity index (χ3n) is 3.13. The summed E-state index contributed by atoms with van der Waals surface area (Å²) >= 11 is 7.58. The van der Waals surface area contributed by atoms with Crippen LogP contribution >= 0.6 is 22.9 Å². The molecule has 0 saturated heterocycles. The Kier molecular flexibility index (Phi) is 3.25. The van der Waals surface area contributed by atoms with Crippen LogP contribution in [-0.2, 0) is 0 Å². The van der Waals surface area contributed by atoms with E-state index in [2.05, 4.69) is 26.7 Å². The summed E-state index contributed by atoms with van der Waals surface area (Å²) in [5.74, 6) is 1.16. The molecule has 0 fully saturated rings. The van der Waals surface area contributed by atoms with E-state index in [1.165, 1.54) is 4.52 Å². The highest BCUT2D eigenvalue weighted by molar-refractivity contribution is 7.08. The van der Waals surface area contributed by atoms with Gasteiger partial charge >= 0.3 is 0 Å². The molecule has 108 valence electrons. The summed E-state index contributed by atoms with van der Waals surface area (Å²) in [6.45, 7) is 0. The summed E-state index contributed by atoms with van der Waals surface area (Å²) in [7, 11) is 0. The van der Waals surface area contributed by atoms with Crippen molar-refractivity contribution in [2.24, 2.45) is 0 Å². The van der Waals surface area contributed by atoms with Gasteiger partial charge in [-0.15, -0.1) is 15.3 Å². The number of para-hydroxylation sites is 1. The van der Waals surface area contributed by atoms with Gasteiger partial charge in [-0.2, -0.15) is 15.9 Å². The average Bonchev–Trinajstić information content (AvgIpc) is 3.19. The lowest BCUT2D eigenvalue weighted by Crippen LogP contribution is -1.96. The maximum Gasteiger partial charge on any atom is 0.246 e. The molecule has 4 aromatic rings. The first kappa shape index (κ1) is 13.2. The first-order valence-corrected chi connectivity index (χ1v) is 7.81. The van der Waals surface area contributed by atoms with E-state index in [0.717, 1.165) is 16.9 Å². The third kappa shape index (κ3) is 2.32. The molecular formula is C15H9ClN4OS. The topological polar surface area (TPSA) is 52.3 Å². The van der Waals surface area contributed by atoms with Gasteiger partial charge in [0.15, 0.2) is 5.65 Å². The van der Waals surface area contributed by atoms with Crippen LogP contribution in [0.3, 0.4) is 0 Å². The summed E-state index contributed by atoms with van der Waals surface area (Å²) in [6, 6.07) is 13.4. The van der Waals surface area contributed by atoms with Crippen molar-refractivity contribution < 1.29 is 4.74 Å². The molecule has 0 bridgehead atoms. The number of hydrogen-bond donors (Lipinski definition) is 0. The molecule has 0 aliphatic carbocycles. The van der Waals surface area contributed by atoms with Crippen molar-refractivity contribution in [3.63, 3.8) is 0 Å². The number of fused-ring (bicyclic) bond motifs is 1. The number of halogens is 1. The minimum Gasteiger partial charge on any atom is -0.437 e. The van der Waals surface area contributed by atoms with Gasteiger partial charge in [-0.1, -0.05) is 18.2 Å². The van der Waals surface area contributed by atoms with Gasteiger partial charge in [0.2, 0.25) is 11.2 Å². The van der Waals surface area contributed by atoms with Crippen LogP contribution in [0.4, 0.5) is 0 Å². The molecule has 0 atom stereocenters. The lowest BCUT2D eigenvalue weighted by Gasteiger charge is -2.09. The normalized spacial score (nSPS) is 11.0. The molecular weight excluding hydrogens is 320 g/mol. The predicted octanol–water partition coefficient (Wildman–Crippen LogP) is 4.30. The Hall–Kier alpha value is -2.44. The molecule has 5 nitrogen and oxygen atoms in total. The van der Waals surface area contributed by atoms with E-state index in [4.69, 9.17) is 16.3 Å². The molecule has 7 heteroatoms. The molecule has 0 saturated carbocycles. The maximum atomic E-state index is 5.93. The highest BCUT2D eigenvalue weighted by Crippen LogP contribution is 2.33. The highest BCUT2D eigenvalue weighted by Gasteiger charge is 2.10. The Bertz CT molecular complexity index is 936. The Morgan fingerprint density at radius 3 is 2.82 bits per heavy atom. The Balaban J connectivity index is 1.75. The molecule has 0 amide bonds. The van der Waals surface area contributed by atoms with Gasteiger partial charge in [0, 0.05) is 11.6 Å². The molecule has 3 aromatic heterocycles. The van der Waals surface area contributed by atoms with Crippen molar-refractivity contribution in [1.29, 1.82) is 0 Å². The second-order valence-electron chi connectivity index (χ2n) is 4.52. The molecule has 0 spiro atoms. The van der Waals surface area contributed by atoms with Crippen LogP contribution < -0.4 is 4.74 Å². The van der Waals surface area contributed by atoms with Crippen LogP contribution in [0, 0.1) is 0 Å². The molecule has 0 unspecified atom stereocenters. The third-order valence-corrected chi connectivity index (χ3v) is 4.05. The Morgan fingerprint density at radius 1 is 1.05 bits per heavy atom. The fourth-order valence-corrected chi connectivity index (χ4v) is 2.94. The average molecular weight is 329 g/mol. The number of aromatic nitrogens is 4. The van der Waals surface area contributed by atoms with Crippen molar-refractivity contribution in [1.82, 2.24) is 19.8 Å². The summed E-state index contributed by atoms with van der Waals surface area (Å²) < 4.78 is 7.36. The van der Waals surface area contributed by atoms with Gasteiger partial charge in [-0.25, -0.2) is 0 Å². The Morgan fingerprint density at radius 2 is 1.95 bits per heavy atom. The zero-order valence-electron chi connectivity index (χ0n) is 11.2. The van der Waals surface area contributed by atoms with Crippen LogP contribution in [0.2, 0.25) is 5.28 Å². The van der Waals surface area contributed by atoms with Crippen LogP contribution in [-0.4, -0.2) is 19.8 Å².